The molecule has 5 heteroatoms. The quantitative estimate of drug-likeness (QED) is 0.623. The second kappa shape index (κ2) is 8.20. The second-order valence-electron chi connectivity index (χ2n) is 6.71. The van der Waals surface area contributed by atoms with Crippen LogP contribution in [0, 0.1) is 5.92 Å². The molecule has 1 heterocycles. The zero-order chi connectivity index (χ0) is 16.7. The SMILES string of the molecule is CN=C(NCC1CCN(c2ccccc2)C1)NCC(C)(C)OC. The first kappa shape index (κ1) is 17.6. The summed E-state index contributed by atoms with van der Waals surface area (Å²) in [6.07, 6.45) is 1.21. The molecule has 0 aliphatic carbocycles. The Labute approximate surface area is 140 Å². The smallest absolute Gasteiger partial charge is 0.191 e. The summed E-state index contributed by atoms with van der Waals surface area (Å²) in [5.41, 5.74) is 1.12. The molecule has 1 aromatic carbocycles. The molecule has 1 aliphatic heterocycles. The maximum atomic E-state index is 5.42. The Kier molecular flexibility index (Phi) is 6.28. The number of aliphatic imine (C=N–C) groups is 1. The van der Waals surface area contributed by atoms with Gasteiger partial charge in [0.15, 0.2) is 5.96 Å². The Morgan fingerprint density at radius 3 is 2.70 bits per heavy atom. The monoisotopic (exact) mass is 318 g/mol. The third-order valence-corrected chi connectivity index (χ3v) is 4.42. The molecule has 0 saturated carbocycles. The van der Waals surface area contributed by atoms with Crippen LogP contribution in [0.25, 0.3) is 0 Å². The predicted octanol–water partition coefficient (Wildman–Crippen LogP) is 2.10. The molecule has 2 N–H and O–H groups in total. The Morgan fingerprint density at radius 2 is 2.04 bits per heavy atom. The minimum Gasteiger partial charge on any atom is -0.377 e. The van der Waals surface area contributed by atoms with E-state index in [1.807, 2.05) is 0 Å². The van der Waals surface area contributed by atoms with Crippen molar-refractivity contribution in [1.82, 2.24) is 10.6 Å². The highest BCUT2D eigenvalue weighted by Gasteiger charge is 2.23. The topological polar surface area (TPSA) is 48.9 Å². The summed E-state index contributed by atoms with van der Waals surface area (Å²) < 4.78 is 5.42. The van der Waals surface area contributed by atoms with Crippen molar-refractivity contribution in [3.8, 4) is 0 Å². The van der Waals surface area contributed by atoms with Crippen molar-refractivity contribution in [3.63, 3.8) is 0 Å². The van der Waals surface area contributed by atoms with E-state index in [1.165, 1.54) is 12.1 Å². The number of nitrogens with zero attached hydrogens (tertiary/aromatic N) is 2. The minimum atomic E-state index is -0.199. The number of methoxy groups -OCH3 is 1. The number of ether oxygens (including phenoxy) is 1. The van der Waals surface area contributed by atoms with Gasteiger partial charge in [-0.3, -0.25) is 4.99 Å². The molecule has 1 atom stereocenters. The van der Waals surface area contributed by atoms with E-state index in [0.717, 1.165) is 32.1 Å². The lowest BCUT2D eigenvalue weighted by Crippen LogP contribution is -2.46. The van der Waals surface area contributed by atoms with E-state index in [-0.39, 0.29) is 5.60 Å². The van der Waals surface area contributed by atoms with Gasteiger partial charge < -0.3 is 20.3 Å². The average molecular weight is 318 g/mol. The van der Waals surface area contributed by atoms with Crippen LogP contribution in [-0.4, -0.2) is 51.9 Å². The lowest BCUT2D eigenvalue weighted by Gasteiger charge is -2.25. The first-order valence-corrected chi connectivity index (χ1v) is 8.34. The zero-order valence-corrected chi connectivity index (χ0v) is 14.8. The fraction of sp³-hybridized carbons (Fsp3) is 0.611. The first-order valence-electron chi connectivity index (χ1n) is 8.34. The maximum absolute atomic E-state index is 5.42. The Bertz CT molecular complexity index is 501. The number of guanidine groups is 1. The van der Waals surface area contributed by atoms with E-state index in [2.05, 4.69) is 64.7 Å². The molecule has 23 heavy (non-hydrogen) atoms. The normalized spacial score (nSPS) is 19.0. The number of benzene rings is 1. The van der Waals surface area contributed by atoms with Crippen molar-refractivity contribution in [2.45, 2.75) is 25.9 Å². The molecular weight excluding hydrogens is 288 g/mol. The zero-order valence-electron chi connectivity index (χ0n) is 14.8. The summed E-state index contributed by atoms with van der Waals surface area (Å²) in [5.74, 6) is 1.48. The molecule has 0 aromatic heterocycles. The van der Waals surface area contributed by atoms with Gasteiger partial charge in [-0.05, 0) is 38.3 Å². The van der Waals surface area contributed by atoms with E-state index in [4.69, 9.17) is 4.74 Å². The van der Waals surface area contributed by atoms with Gasteiger partial charge in [0, 0.05) is 46.0 Å². The van der Waals surface area contributed by atoms with Gasteiger partial charge in [-0.2, -0.15) is 0 Å². The maximum Gasteiger partial charge on any atom is 0.191 e. The Morgan fingerprint density at radius 1 is 1.30 bits per heavy atom. The standard InChI is InChI=1S/C18H30N4O/c1-18(2,23-4)14-21-17(19-3)20-12-15-10-11-22(13-15)16-8-6-5-7-9-16/h5-9,15H,10-14H2,1-4H3,(H2,19,20,21). The van der Waals surface area contributed by atoms with Crippen LogP contribution in [-0.2, 0) is 4.74 Å². The number of hydrogen-bond donors (Lipinski definition) is 2. The van der Waals surface area contributed by atoms with Crippen LogP contribution in [0.15, 0.2) is 35.3 Å². The van der Waals surface area contributed by atoms with E-state index in [9.17, 15) is 0 Å². The molecule has 1 aromatic rings. The van der Waals surface area contributed by atoms with Gasteiger partial charge in [0.1, 0.15) is 0 Å². The van der Waals surface area contributed by atoms with Gasteiger partial charge in [0.25, 0.3) is 0 Å². The van der Waals surface area contributed by atoms with Crippen LogP contribution in [0.5, 0.6) is 0 Å². The summed E-state index contributed by atoms with van der Waals surface area (Å²) in [6.45, 7) is 8.00. The molecule has 1 unspecified atom stereocenters. The Balaban J connectivity index is 1.75. The number of anilines is 1. The molecule has 0 bridgehead atoms. The molecular formula is C18H30N4O. The molecule has 0 amide bonds. The molecule has 0 spiro atoms. The summed E-state index contributed by atoms with van der Waals surface area (Å²) in [4.78, 5) is 6.74. The molecule has 1 fully saturated rings. The fourth-order valence-corrected chi connectivity index (χ4v) is 2.70. The van der Waals surface area contributed by atoms with Crippen LogP contribution >= 0.6 is 0 Å². The summed E-state index contributed by atoms with van der Waals surface area (Å²) in [7, 11) is 3.54. The van der Waals surface area contributed by atoms with Crippen LogP contribution < -0.4 is 15.5 Å². The van der Waals surface area contributed by atoms with Crippen molar-refractivity contribution in [1.29, 1.82) is 0 Å². The summed E-state index contributed by atoms with van der Waals surface area (Å²) >= 11 is 0. The molecule has 0 radical (unpaired) electrons. The van der Waals surface area contributed by atoms with Gasteiger partial charge >= 0.3 is 0 Å². The van der Waals surface area contributed by atoms with Gasteiger partial charge in [-0.25, -0.2) is 0 Å². The van der Waals surface area contributed by atoms with Gasteiger partial charge in [0.05, 0.1) is 5.60 Å². The third-order valence-electron chi connectivity index (χ3n) is 4.42. The van der Waals surface area contributed by atoms with E-state index in [1.54, 1.807) is 14.2 Å². The fourth-order valence-electron chi connectivity index (χ4n) is 2.70. The third kappa shape index (κ3) is 5.43. The second-order valence-corrected chi connectivity index (χ2v) is 6.71. The van der Waals surface area contributed by atoms with Crippen molar-refractivity contribution in [3.05, 3.63) is 30.3 Å². The number of nitrogens with one attached hydrogen (secondary N) is 2. The lowest BCUT2D eigenvalue weighted by atomic mass is 10.1. The minimum absolute atomic E-state index is 0.199. The van der Waals surface area contributed by atoms with Crippen LogP contribution in [0.2, 0.25) is 0 Å². The van der Waals surface area contributed by atoms with Crippen molar-refractivity contribution < 1.29 is 4.74 Å². The highest BCUT2D eigenvalue weighted by atomic mass is 16.5. The van der Waals surface area contributed by atoms with Crippen LogP contribution in [0.1, 0.15) is 20.3 Å². The highest BCUT2D eigenvalue weighted by Crippen LogP contribution is 2.22. The largest absolute Gasteiger partial charge is 0.377 e. The number of hydrogen-bond acceptors (Lipinski definition) is 3. The first-order chi connectivity index (χ1) is 11.0. The van der Waals surface area contributed by atoms with Crippen molar-refractivity contribution in [2.24, 2.45) is 10.9 Å². The molecule has 1 saturated heterocycles. The van der Waals surface area contributed by atoms with Crippen LogP contribution in [0.3, 0.4) is 0 Å². The van der Waals surface area contributed by atoms with Crippen LogP contribution in [0.4, 0.5) is 5.69 Å². The molecule has 5 nitrogen and oxygen atoms in total. The van der Waals surface area contributed by atoms with E-state index < -0.39 is 0 Å². The average Bonchev–Trinajstić information content (AvgIpc) is 3.05. The van der Waals surface area contributed by atoms with E-state index in [0.29, 0.717) is 5.92 Å². The van der Waals surface area contributed by atoms with Crippen molar-refractivity contribution >= 4 is 11.6 Å². The molecule has 1 aliphatic rings. The molecule has 128 valence electrons. The van der Waals surface area contributed by atoms with Gasteiger partial charge in [0.2, 0.25) is 0 Å². The summed E-state index contributed by atoms with van der Waals surface area (Å²) in [6, 6.07) is 10.6. The van der Waals surface area contributed by atoms with Gasteiger partial charge in [-0.1, -0.05) is 18.2 Å². The number of para-hydroxylation sites is 1. The summed E-state index contributed by atoms with van der Waals surface area (Å²) in [5, 5.41) is 6.76. The number of rotatable bonds is 6. The lowest BCUT2D eigenvalue weighted by molar-refractivity contribution is 0.0268. The van der Waals surface area contributed by atoms with Gasteiger partial charge in [-0.15, -0.1) is 0 Å². The highest BCUT2D eigenvalue weighted by molar-refractivity contribution is 5.79. The van der Waals surface area contributed by atoms with Crippen molar-refractivity contribution in [2.75, 3.05) is 45.2 Å². The predicted molar refractivity (Wildman–Crippen MR) is 97.2 cm³/mol. The van der Waals surface area contributed by atoms with E-state index >= 15 is 0 Å². The Hall–Kier alpha value is -1.75. The molecule has 2 rings (SSSR count).